The van der Waals surface area contributed by atoms with Crippen LogP contribution in [0.4, 0.5) is 0 Å². The predicted octanol–water partition coefficient (Wildman–Crippen LogP) is 0.481. The monoisotopic (exact) mass is 222 g/mol. The summed E-state index contributed by atoms with van der Waals surface area (Å²) in [4.78, 5) is 20.6. The number of piperidine rings is 1. The van der Waals surface area contributed by atoms with Gasteiger partial charge in [0.25, 0.3) is 5.91 Å². The molecule has 1 fully saturated rings. The Morgan fingerprint density at radius 1 is 1.75 bits per heavy atom. The number of nitrogens with zero attached hydrogens (tertiary/aromatic N) is 2. The molecule has 16 heavy (non-hydrogen) atoms. The van der Waals surface area contributed by atoms with Gasteiger partial charge in [-0.2, -0.15) is 0 Å². The Morgan fingerprint density at radius 3 is 3.31 bits per heavy atom. The normalized spacial score (nSPS) is 21.9. The lowest BCUT2D eigenvalue weighted by molar-refractivity contribution is 0.0927. The topological polar surface area (TPSA) is 61.0 Å². The maximum Gasteiger partial charge on any atom is 0.287 e. The second kappa shape index (κ2) is 5.12. The van der Waals surface area contributed by atoms with Gasteiger partial charge in [0, 0.05) is 25.5 Å². The lowest BCUT2D eigenvalue weighted by Gasteiger charge is -2.29. The van der Waals surface area contributed by atoms with Crippen molar-refractivity contribution < 1.29 is 4.79 Å². The molecule has 88 valence electrons. The van der Waals surface area contributed by atoms with Gasteiger partial charge in [0.15, 0.2) is 5.82 Å². The van der Waals surface area contributed by atoms with E-state index in [-0.39, 0.29) is 5.91 Å². The lowest BCUT2D eigenvalue weighted by atomic mass is 9.98. The van der Waals surface area contributed by atoms with Crippen molar-refractivity contribution in [2.75, 3.05) is 26.7 Å². The van der Waals surface area contributed by atoms with Gasteiger partial charge >= 0.3 is 0 Å². The molecule has 1 aliphatic rings. The lowest BCUT2D eigenvalue weighted by Crippen LogP contribution is -2.39. The minimum absolute atomic E-state index is 0.113. The average molecular weight is 222 g/mol. The Hall–Kier alpha value is -1.36. The summed E-state index contributed by atoms with van der Waals surface area (Å²) in [5.41, 5.74) is 0. The first kappa shape index (κ1) is 11.1. The van der Waals surface area contributed by atoms with E-state index in [1.54, 1.807) is 12.4 Å². The molecule has 1 atom stereocenters. The quantitative estimate of drug-likeness (QED) is 0.782. The number of amides is 1. The van der Waals surface area contributed by atoms with E-state index in [9.17, 15) is 4.79 Å². The average Bonchev–Trinajstić information content (AvgIpc) is 2.79. The maximum atomic E-state index is 11.6. The molecular formula is C11H18N4O. The van der Waals surface area contributed by atoms with Crippen LogP contribution in [0.1, 0.15) is 23.5 Å². The van der Waals surface area contributed by atoms with E-state index in [2.05, 4.69) is 27.2 Å². The van der Waals surface area contributed by atoms with Gasteiger partial charge in [-0.3, -0.25) is 4.79 Å². The zero-order valence-corrected chi connectivity index (χ0v) is 9.57. The molecule has 1 aliphatic heterocycles. The third kappa shape index (κ3) is 2.82. The van der Waals surface area contributed by atoms with Crippen molar-refractivity contribution >= 4 is 5.91 Å². The third-order valence-corrected chi connectivity index (χ3v) is 2.99. The number of aromatic amines is 1. The van der Waals surface area contributed by atoms with Gasteiger partial charge < -0.3 is 15.2 Å². The van der Waals surface area contributed by atoms with Crippen LogP contribution in [0.5, 0.6) is 0 Å². The number of likely N-dealkylation sites (tertiary alicyclic amines) is 1. The number of hydrogen-bond acceptors (Lipinski definition) is 3. The van der Waals surface area contributed by atoms with Crippen LogP contribution in [0.15, 0.2) is 12.4 Å². The first-order valence-electron chi connectivity index (χ1n) is 5.72. The van der Waals surface area contributed by atoms with Crippen LogP contribution in [-0.2, 0) is 0 Å². The van der Waals surface area contributed by atoms with E-state index < -0.39 is 0 Å². The SMILES string of the molecule is CN1CCCC(CNC(=O)c2ncc[nH]2)C1. The molecule has 2 N–H and O–H groups in total. The molecule has 0 spiro atoms. The highest BCUT2D eigenvalue weighted by atomic mass is 16.2. The Balaban J connectivity index is 1.77. The van der Waals surface area contributed by atoms with E-state index in [4.69, 9.17) is 0 Å². The summed E-state index contributed by atoms with van der Waals surface area (Å²) in [7, 11) is 2.13. The van der Waals surface area contributed by atoms with Gasteiger partial charge in [-0.1, -0.05) is 0 Å². The molecule has 0 radical (unpaired) electrons. The summed E-state index contributed by atoms with van der Waals surface area (Å²) < 4.78 is 0. The van der Waals surface area contributed by atoms with Crippen molar-refractivity contribution in [2.45, 2.75) is 12.8 Å². The summed E-state index contributed by atoms with van der Waals surface area (Å²) in [5, 5.41) is 2.92. The van der Waals surface area contributed by atoms with Crippen molar-refractivity contribution in [1.82, 2.24) is 20.2 Å². The number of imidazole rings is 1. The minimum Gasteiger partial charge on any atom is -0.349 e. The minimum atomic E-state index is -0.113. The Bertz CT molecular complexity index is 336. The summed E-state index contributed by atoms with van der Waals surface area (Å²) in [6.45, 7) is 2.98. The fourth-order valence-electron chi connectivity index (χ4n) is 2.15. The number of nitrogens with one attached hydrogen (secondary N) is 2. The Labute approximate surface area is 95.2 Å². The molecular weight excluding hydrogens is 204 g/mol. The first-order chi connectivity index (χ1) is 7.75. The van der Waals surface area contributed by atoms with Gasteiger partial charge in [-0.05, 0) is 32.4 Å². The predicted molar refractivity (Wildman–Crippen MR) is 61.1 cm³/mol. The number of aromatic nitrogens is 2. The van der Waals surface area contributed by atoms with Crippen molar-refractivity contribution in [3.63, 3.8) is 0 Å². The maximum absolute atomic E-state index is 11.6. The van der Waals surface area contributed by atoms with Gasteiger partial charge in [-0.25, -0.2) is 4.98 Å². The zero-order chi connectivity index (χ0) is 11.4. The third-order valence-electron chi connectivity index (χ3n) is 2.99. The van der Waals surface area contributed by atoms with Crippen LogP contribution in [0.25, 0.3) is 0 Å². The summed E-state index contributed by atoms with van der Waals surface area (Å²) in [6.07, 6.45) is 5.66. The van der Waals surface area contributed by atoms with E-state index in [0.29, 0.717) is 11.7 Å². The molecule has 1 amide bonds. The van der Waals surface area contributed by atoms with Crippen molar-refractivity contribution in [3.8, 4) is 0 Å². The molecule has 5 nitrogen and oxygen atoms in total. The van der Waals surface area contributed by atoms with E-state index in [0.717, 1.165) is 13.1 Å². The largest absolute Gasteiger partial charge is 0.349 e. The fourth-order valence-corrected chi connectivity index (χ4v) is 2.15. The van der Waals surface area contributed by atoms with Gasteiger partial charge in [0.05, 0.1) is 0 Å². The van der Waals surface area contributed by atoms with E-state index in [1.165, 1.54) is 19.4 Å². The highest BCUT2D eigenvalue weighted by Crippen LogP contribution is 2.13. The number of carbonyl (C=O) groups excluding carboxylic acids is 1. The highest BCUT2D eigenvalue weighted by molar-refractivity contribution is 5.90. The molecule has 2 rings (SSSR count). The van der Waals surface area contributed by atoms with Crippen LogP contribution in [0.3, 0.4) is 0 Å². The number of H-pyrrole nitrogens is 1. The molecule has 1 unspecified atom stereocenters. The van der Waals surface area contributed by atoms with Crippen molar-refractivity contribution in [3.05, 3.63) is 18.2 Å². The number of rotatable bonds is 3. The van der Waals surface area contributed by atoms with Crippen LogP contribution in [0, 0.1) is 5.92 Å². The summed E-state index contributed by atoms with van der Waals surface area (Å²) >= 11 is 0. The van der Waals surface area contributed by atoms with Crippen molar-refractivity contribution in [2.24, 2.45) is 5.92 Å². The smallest absolute Gasteiger partial charge is 0.287 e. The van der Waals surface area contributed by atoms with Gasteiger partial charge in [0.2, 0.25) is 0 Å². The van der Waals surface area contributed by atoms with Crippen LogP contribution in [0.2, 0.25) is 0 Å². The number of carbonyl (C=O) groups is 1. The van der Waals surface area contributed by atoms with Crippen molar-refractivity contribution in [1.29, 1.82) is 0 Å². The highest BCUT2D eigenvalue weighted by Gasteiger charge is 2.18. The molecule has 1 aromatic rings. The Kier molecular flexibility index (Phi) is 3.56. The molecule has 1 aromatic heterocycles. The second-order valence-corrected chi connectivity index (χ2v) is 4.42. The van der Waals surface area contributed by atoms with Crippen LogP contribution < -0.4 is 5.32 Å². The molecule has 2 heterocycles. The van der Waals surface area contributed by atoms with Crippen LogP contribution in [-0.4, -0.2) is 47.5 Å². The molecule has 0 aromatic carbocycles. The van der Waals surface area contributed by atoms with Gasteiger partial charge in [-0.15, -0.1) is 0 Å². The molecule has 0 aliphatic carbocycles. The molecule has 5 heteroatoms. The molecule has 0 saturated carbocycles. The van der Waals surface area contributed by atoms with Crippen LogP contribution >= 0.6 is 0 Å². The summed E-state index contributed by atoms with van der Waals surface area (Å²) in [5.74, 6) is 0.847. The standard InChI is InChI=1S/C11H18N4O/c1-15-6-2-3-9(8-15)7-14-11(16)10-12-4-5-13-10/h4-5,9H,2-3,6-8H2,1H3,(H,12,13)(H,14,16). The summed E-state index contributed by atoms with van der Waals surface area (Å²) in [6, 6.07) is 0. The fraction of sp³-hybridized carbons (Fsp3) is 0.636. The van der Waals surface area contributed by atoms with Gasteiger partial charge in [0.1, 0.15) is 0 Å². The molecule has 0 bridgehead atoms. The number of hydrogen-bond donors (Lipinski definition) is 2. The first-order valence-corrected chi connectivity index (χ1v) is 5.72. The second-order valence-electron chi connectivity index (χ2n) is 4.42. The Morgan fingerprint density at radius 2 is 2.62 bits per heavy atom. The zero-order valence-electron chi connectivity index (χ0n) is 9.57. The van der Waals surface area contributed by atoms with E-state index >= 15 is 0 Å². The molecule has 1 saturated heterocycles. The van der Waals surface area contributed by atoms with E-state index in [1.807, 2.05) is 0 Å².